The van der Waals surface area contributed by atoms with Gasteiger partial charge in [-0.05, 0) is 36.2 Å². The van der Waals surface area contributed by atoms with Crippen LogP contribution in [0, 0.1) is 0 Å². The number of benzene rings is 2. The highest BCUT2D eigenvalue weighted by atomic mass is 19.4. The highest BCUT2D eigenvalue weighted by molar-refractivity contribution is 6.05. The molecule has 0 aliphatic heterocycles. The third-order valence-corrected chi connectivity index (χ3v) is 4.83. The molecule has 0 amide bonds. The van der Waals surface area contributed by atoms with Crippen LogP contribution in [0.5, 0.6) is 0 Å². The topological polar surface area (TPSA) is 129 Å². The number of rotatable bonds is 6. The Kier molecular flexibility index (Phi) is 6.32. The number of Topliss-reactive ketones (excluding diaryl/α,β-unsaturated/α-hetero) is 1. The van der Waals surface area contributed by atoms with Gasteiger partial charge in [-0.1, -0.05) is 18.2 Å². The predicted octanol–water partition coefficient (Wildman–Crippen LogP) is 4.39. The lowest BCUT2D eigenvalue weighted by molar-refractivity contribution is -0.288. The van der Waals surface area contributed by atoms with Crippen LogP contribution in [0.25, 0.3) is 0 Å². The molecule has 3 N–H and O–H groups in total. The summed E-state index contributed by atoms with van der Waals surface area (Å²) in [7, 11) is 0. The summed E-state index contributed by atoms with van der Waals surface area (Å²) in [5.41, 5.74) is -13.8. The zero-order chi connectivity index (χ0) is 25.5. The van der Waals surface area contributed by atoms with Gasteiger partial charge in [-0.3, -0.25) is 4.79 Å². The molecule has 2 aromatic carbocycles. The van der Waals surface area contributed by atoms with E-state index in [0.29, 0.717) is 25.1 Å². The summed E-state index contributed by atoms with van der Waals surface area (Å²) >= 11 is 0. The number of alkyl halides is 6. The second-order valence-electron chi connectivity index (χ2n) is 6.71. The van der Waals surface area contributed by atoms with Crippen molar-refractivity contribution in [3.8, 4) is 0 Å². The first kappa shape index (κ1) is 25.4. The van der Waals surface area contributed by atoms with E-state index < -0.39 is 74.8 Å². The maximum absolute atomic E-state index is 14.3. The number of aromatic carboxylic acids is 3. The lowest BCUT2D eigenvalue weighted by atomic mass is 9.70. The van der Waals surface area contributed by atoms with Crippen molar-refractivity contribution in [1.82, 2.24) is 0 Å². The molecule has 0 atom stereocenters. The number of hydrogen-bond donors (Lipinski definition) is 3. The largest absolute Gasteiger partial charge is 0.478 e. The van der Waals surface area contributed by atoms with Gasteiger partial charge in [0.15, 0.2) is 5.78 Å². The van der Waals surface area contributed by atoms with Crippen LogP contribution >= 0.6 is 0 Å². The van der Waals surface area contributed by atoms with Crippen molar-refractivity contribution in [2.45, 2.75) is 24.7 Å². The molecule has 0 spiro atoms. The Morgan fingerprint density at radius 3 is 1.61 bits per heavy atom. The van der Waals surface area contributed by atoms with E-state index in [0.717, 1.165) is 0 Å². The van der Waals surface area contributed by atoms with Gasteiger partial charge in [0.05, 0.1) is 16.7 Å². The minimum absolute atomic E-state index is 0.0613. The van der Waals surface area contributed by atoms with Crippen LogP contribution in [0.3, 0.4) is 0 Å². The SMILES string of the molecule is CC(=O)c1cc(C(c2cccc(C(=O)O)c2C(=O)O)(C(F)(F)F)C(F)(F)F)ccc1C(=O)O. The molecule has 0 radical (unpaired) electrons. The Balaban J connectivity index is 3.22. The molecular formula is C20H12F6O7. The summed E-state index contributed by atoms with van der Waals surface area (Å²) in [6.07, 6.45) is -12.6. The summed E-state index contributed by atoms with van der Waals surface area (Å²) in [6.45, 7) is 0.710. The molecule has 33 heavy (non-hydrogen) atoms. The summed E-state index contributed by atoms with van der Waals surface area (Å²) in [5, 5.41) is 27.6. The number of halogens is 6. The Hall–Kier alpha value is -3.90. The second-order valence-corrected chi connectivity index (χ2v) is 6.71. The van der Waals surface area contributed by atoms with E-state index in [4.69, 9.17) is 10.2 Å². The fourth-order valence-corrected chi connectivity index (χ4v) is 3.48. The first-order valence-corrected chi connectivity index (χ1v) is 8.60. The molecule has 2 aromatic rings. The van der Waals surface area contributed by atoms with Crippen LogP contribution in [0.4, 0.5) is 26.3 Å². The van der Waals surface area contributed by atoms with E-state index >= 15 is 0 Å². The first-order chi connectivity index (χ1) is 15.0. The van der Waals surface area contributed by atoms with Crippen molar-refractivity contribution >= 4 is 23.7 Å². The van der Waals surface area contributed by atoms with E-state index in [-0.39, 0.29) is 18.2 Å². The van der Waals surface area contributed by atoms with Gasteiger partial charge in [0.25, 0.3) is 0 Å². The molecule has 0 fully saturated rings. The number of carbonyl (C=O) groups excluding carboxylic acids is 1. The van der Waals surface area contributed by atoms with Crippen LogP contribution in [-0.4, -0.2) is 51.4 Å². The monoisotopic (exact) mass is 478 g/mol. The molecule has 2 rings (SSSR count). The van der Waals surface area contributed by atoms with Crippen molar-refractivity contribution in [2.24, 2.45) is 0 Å². The predicted molar refractivity (Wildman–Crippen MR) is 96.7 cm³/mol. The molecule has 0 unspecified atom stereocenters. The van der Waals surface area contributed by atoms with Crippen molar-refractivity contribution in [2.75, 3.05) is 0 Å². The fraction of sp³-hybridized carbons (Fsp3) is 0.200. The molecule has 7 nitrogen and oxygen atoms in total. The standard InChI is InChI=1S/C20H12F6O7/c1-8(27)12-7-9(5-6-10(12)15(28)29)18(19(21,22)23,20(24,25)26)13-4-2-3-11(16(30)31)14(13)17(32)33/h2-7H,1H3,(H,28,29)(H,30,31)(H,32,33). The molecule has 0 heterocycles. The van der Waals surface area contributed by atoms with Crippen LogP contribution in [0.1, 0.15) is 59.5 Å². The van der Waals surface area contributed by atoms with E-state index in [1.54, 1.807) is 0 Å². The molecule has 0 aliphatic carbocycles. The molecule has 13 heteroatoms. The normalized spacial score (nSPS) is 12.3. The Bertz CT molecular complexity index is 1150. The van der Waals surface area contributed by atoms with Gasteiger partial charge in [0.2, 0.25) is 5.41 Å². The average molecular weight is 478 g/mol. The second kappa shape index (κ2) is 8.22. The van der Waals surface area contributed by atoms with Crippen LogP contribution < -0.4 is 0 Å². The maximum Gasteiger partial charge on any atom is 0.411 e. The molecule has 0 aliphatic rings. The minimum Gasteiger partial charge on any atom is -0.478 e. The first-order valence-electron chi connectivity index (χ1n) is 8.60. The van der Waals surface area contributed by atoms with Crippen molar-refractivity contribution in [3.63, 3.8) is 0 Å². The van der Waals surface area contributed by atoms with Crippen LogP contribution in [0.2, 0.25) is 0 Å². The lowest BCUT2D eigenvalue weighted by Crippen LogP contribution is -2.55. The number of ketones is 1. The zero-order valence-corrected chi connectivity index (χ0v) is 16.2. The van der Waals surface area contributed by atoms with Crippen LogP contribution in [0.15, 0.2) is 36.4 Å². The summed E-state index contributed by atoms with van der Waals surface area (Å²) < 4.78 is 86.1. The minimum atomic E-state index is -6.31. The van der Waals surface area contributed by atoms with Gasteiger partial charge >= 0.3 is 30.3 Å². The highest BCUT2D eigenvalue weighted by Gasteiger charge is 2.73. The fourth-order valence-electron chi connectivity index (χ4n) is 3.48. The van der Waals surface area contributed by atoms with Crippen LogP contribution in [-0.2, 0) is 5.41 Å². The van der Waals surface area contributed by atoms with Crippen molar-refractivity contribution in [1.29, 1.82) is 0 Å². The van der Waals surface area contributed by atoms with E-state index in [2.05, 4.69) is 0 Å². The molecule has 0 saturated heterocycles. The Morgan fingerprint density at radius 1 is 0.697 bits per heavy atom. The molecule has 0 aromatic heterocycles. The quantitative estimate of drug-likeness (QED) is 0.415. The smallest absolute Gasteiger partial charge is 0.411 e. The van der Waals surface area contributed by atoms with Gasteiger partial charge < -0.3 is 15.3 Å². The molecular weight excluding hydrogens is 466 g/mol. The zero-order valence-electron chi connectivity index (χ0n) is 16.2. The summed E-state index contributed by atoms with van der Waals surface area (Å²) in [5.74, 6) is -7.46. The van der Waals surface area contributed by atoms with E-state index in [1.165, 1.54) is 0 Å². The van der Waals surface area contributed by atoms with Crippen molar-refractivity contribution < 1.29 is 60.8 Å². The van der Waals surface area contributed by atoms with Gasteiger partial charge in [0.1, 0.15) is 0 Å². The Labute approximate surface area is 179 Å². The molecule has 176 valence electrons. The third kappa shape index (κ3) is 4.01. The average Bonchev–Trinajstić information content (AvgIpc) is 2.65. The molecule has 0 saturated carbocycles. The summed E-state index contributed by atoms with van der Waals surface area (Å²) in [6, 6.07) is 1.75. The lowest BCUT2D eigenvalue weighted by Gasteiger charge is -2.39. The van der Waals surface area contributed by atoms with E-state index in [9.17, 15) is 50.6 Å². The summed E-state index contributed by atoms with van der Waals surface area (Å²) in [4.78, 5) is 46.1. The van der Waals surface area contributed by atoms with Gasteiger partial charge in [-0.25, -0.2) is 14.4 Å². The molecule has 0 bridgehead atoms. The van der Waals surface area contributed by atoms with Gasteiger partial charge in [-0.15, -0.1) is 0 Å². The highest BCUT2D eigenvalue weighted by Crippen LogP contribution is 2.57. The number of carboxylic acids is 3. The maximum atomic E-state index is 14.3. The third-order valence-electron chi connectivity index (χ3n) is 4.83. The number of carboxylic acid groups (broad SMARTS) is 3. The Morgan fingerprint density at radius 2 is 1.21 bits per heavy atom. The van der Waals surface area contributed by atoms with Gasteiger partial charge in [-0.2, -0.15) is 26.3 Å². The van der Waals surface area contributed by atoms with Gasteiger partial charge in [0, 0.05) is 5.56 Å². The number of hydrogen-bond acceptors (Lipinski definition) is 4. The number of carbonyl (C=O) groups is 4. The van der Waals surface area contributed by atoms with Crippen molar-refractivity contribution in [3.05, 3.63) is 69.8 Å². The van der Waals surface area contributed by atoms with E-state index in [1.807, 2.05) is 0 Å².